The van der Waals surface area contributed by atoms with Crippen molar-refractivity contribution in [3.63, 3.8) is 0 Å². The van der Waals surface area contributed by atoms with Gasteiger partial charge in [-0.25, -0.2) is 8.60 Å². The maximum absolute atomic E-state index is 13.3. The standard InChI is InChI=1S/C17H16FNO2S/c18-11-2-1-3-12(8-11)22(20)13-4-5-14-15-6-7-19-10-17(15)21-16(14)9-13/h1-5,8-9,15,17,19H,6-7,10H2. The van der Waals surface area contributed by atoms with E-state index in [1.165, 1.54) is 17.7 Å². The van der Waals surface area contributed by atoms with Gasteiger partial charge in [0, 0.05) is 27.8 Å². The van der Waals surface area contributed by atoms with Crippen LogP contribution in [0.2, 0.25) is 0 Å². The molecule has 0 amide bonds. The highest BCUT2D eigenvalue weighted by atomic mass is 32.2. The van der Waals surface area contributed by atoms with E-state index in [1.54, 1.807) is 12.1 Å². The van der Waals surface area contributed by atoms with Crippen LogP contribution >= 0.6 is 0 Å². The Labute approximate surface area is 131 Å². The molecule has 114 valence electrons. The molecule has 2 aromatic rings. The first-order valence-electron chi connectivity index (χ1n) is 7.41. The predicted molar refractivity (Wildman–Crippen MR) is 82.2 cm³/mol. The zero-order valence-corrected chi connectivity index (χ0v) is 12.7. The van der Waals surface area contributed by atoms with Gasteiger partial charge in [0.15, 0.2) is 0 Å². The second-order valence-corrected chi connectivity index (χ2v) is 7.16. The third-order valence-electron chi connectivity index (χ3n) is 4.31. The van der Waals surface area contributed by atoms with Crippen molar-refractivity contribution in [1.82, 2.24) is 5.32 Å². The lowest BCUT2D eigenvalue weighted by Crippen LogP contribution is -2.39. The van der Waals surface area contributed by atoms with Gasteiger partial charge >= 0.3 is 0 Å². The second-order valence-electron chi connectivity index (χ2n) is 5.68. The van der Waals surface area contributed by atoms with Crippen LogP contribution in [0.5, 0.6) is 5.75 Å². The van der Waals surface area contributed by atoms with E-state index in [2.05, 4.69) is 5.32 Å². The largest absolute Gasteiger partial charge is 0.488 e. The third-order valence-corrected chi connectivity index (χ3v) is 5.68. The van der Waals surface area contributed by atoms with Gasteiger partial charge in [0.25, 0.3) is 0 Å². The van der Waals surface area contributed by atoms with E-state index >= 15 is 0 Å². The molecule has 2 aliphatic heterocycles. The van der Waals surface area contributed by atoms with Gasteiger partial charge in [0.1, 0.15) is 17.7 Å². The fraction of sp³-hybridized carbons (Fsp3) is 0.294. The molecule has 3 unspecified atom stereocenters. The molecule has 1 fully saturated rings. The van der Waals surface area contributed by atoms with E-state index in [0.717, 1.165) is 25.3 Å². The Balaban J connectivity index is 1.66. The number of hydrogen-bond acceptors (Lipinski definition) is 3. The van der Waals surface area contributed by atoms with Crippen molar-refractivity contribution < 1.29 is 13.3 Å². The number of halogens is 1. The molecule has 1 saturated heterocycles. The van der Waals surface area contributed by atoms with Gasteiger partial charge in [-0.15, -0.1) is 0 Å². The third kappa shape index (κ3) is 2.34. The van der Waals surface area contributed by atoms with E-state index in [0.29, 0.717) is 15.7 Å². The lowest BCUT2D eigenvalue weighted by Gasteiger charge is -2.24. The lowest BCUT2D eigenvalue weighted by atomic mass is 9.90. The van der Waals surface area contributed by atoms with E-state index < -0.39 is 10.8 Å². The minimum atomic E-state index is -1.40. The topological polar surface area (TPSA) is 38.3 Å². The SMILES string of the molecule is O=S(c1cccc(F)c1)c1ccc2c(c1)OC1CNCCC21. The quantitative estimate of drug-likeness (QED) is 0.925. The molecule has 22 heavy (non-hydrogen) atoms. The minimum absolute atomic E-state index is 0.168. The van der Waals surface area contributed by atoms with Crippen molar-refractivity contribution in [1.29, 1.82) is 0 Å². The van der Waals surface area contributed by atoms with Crippen LogP contribution in [0.4, 0.5) is 4.39 Å². The average molecular weight is 317 g/mol. The average Bonchev–Trinajstić information content (AvgIpc) is 2.91. The van der Waals surface area contributed by atoms with Gasteiger partial charge in [-0.2, -0.15) is 0 Å². The molecule has 3 atom stereocenters. The van der Waals surface area contributed by atoms with E-state index in [4.69, 9.17) is 4.74 Å². The second kappa shape index (κ2) is 5.48. The van der Waals surface area contributed by atoms with Crippen molar-refractivity contribution in [2.24, 2.45) is 0 Å². The summed E-state index contributed by atoms with van der Waals surface area (Å²) in [5.74, 6) is 0.870. The predicted octanol–water partition coefficient (Wildman–Crippen LogP) is 2.83. The zero-order chi connectivity index (χ0) is 15.1. The molecule has 0 spiro atoms. The number of benzene rings is 2. The number of ether oxygens (including phenoxy) is 1. The molecular weight excluding hydrogens is 301 g/mol. The summed E-state index contributed by atoms with van der Waals surface area (Å²) in [5.41, 5.74) is 1.20. The van der Waals surface area contributed by atoms with Crippen LogP contribution in [-0.2, 0) is 10.8 Å². The molecule has 1 N–H and O–H groups in total. The first-order valence-corrected chi connectivity index (χ1v) is 8.56. The molecule has 2 heterocycles. The number of rotatable bonds is 2. The number of nitrogens with one attached hydrogen (secondary N) is 1. The van der Waals surface area contributed by atoms with Gasteiger partial charge in [0.2, 0.25) is 0 Å². The van der Waals surface area contributed by atoms with Crippen LogP contribution < -0.4 is 10.1 Å². The summed E-state index contributed by atoms with van der Waals surface area (Å²) in [6, 6.07) is 11.6. The molecule has 5 heteroatoms. The molecule has 2 aromatic carbocycles. The first kappa shape index (κ1) is 13.9. The van der Waals surface area contributed by atoms with Gasteiger partial charge in [-0.3, -0.25) is 0 Å². The van der Waals surface area contributed by atoms with Crippen molar-refractivity contribution in [2.45, 2.75) is 28.2 Å². The molecule has 3 nitrogen and oxygen atoms in total. The Hall–Kier alpha value is -1.72. The zero-order valence-electron chi connectivity index (χ0n) is 11.9. The minimum Gasteiger partial charge on any atom is -0.488 e. The van der Waals surface area contributed by atoms with Gasteiger partial charge in [0.05, 0.1) is 10.8 Å². The van der Waals surface area contributed by atoms with Crippen LogP contribution in [0.1, 0.15) is 17.9 Å². The highest BCUT2D eigenvalue weighted by molar-refractivity contribution is 7.85. The fourth-order valence-corrected chi connectivity index (χ4v) is 4.33. The van der Waals surface area contributed by atoms with Crippen LogP contribution in [0.15, 0.2) is 52.3 Å². The summed E-state index contributed by atoms with van der Waals surface area (Å²) >= 11 is 0. The molecule has 0 aliphatic carbocycles. The Morgan fingerprint density at radius 3 is 2.91 bits per heavy atom. The number of piperidine rings is 1. The van der Waals surface area contributed by atoms with Crippen molar-refractivity contribution in [3.05, 3.63) is 53.8 Å². The summed E-state index contributed by atoms with van der Waals surface area (Å²) in [4.78, 5) is 1.12. The molecule has 0 saturated carbocycles. The summed E-state index contributed by atoms with van der Waals surface area (Å²) < 4.78 is 31.9. The Bertz CT molecular complexity index is 749. The van der Waals surface area contributed by atoms with Crippen LogP contribution in [-0.4, -0.2) is 23.4 Å². The normalized spacial score (nSPS) is 24.2. The maximum atomic E-state index is 13.3. The summed E-state index contributed by atoms with van der Waals surface area (Å²) in [7, 11) is -1.40. The Morgan fingerprint density at radius 2 is 2.05 bits per heavy atom. The van der Waals surface area contributed by atoms with E-state index in [-0.39, 0.29) is 11.9 Å². The smallest absolute Gasteiger partial charge is 0.124 e. The molecule has 2 aliphatic rings. The molecule has 4 rings (SSSR count). The Morgan fingerprint density at radius 1 is 1.18 bits per heavy atom. The summed E-state index contributed by atoms with van der Waals surface area (Å²) in [5, 5.41) is 3.33. The summed E-state index contributed by atoms with van der Waals surface area (Å²) in [6.07, 6.45) is 1.23. The van der Waals surface area contributed by atoms with Crippen molar-refractivity contribution in [3.8, 4) is 5.75 Å². The van der Waals surface area contributed by atoms with Crippen molar-refractivity contribution in [2.75, 3.05) is 13.1 Å². The molecular formula is C17H16FNO2S. The van der Waals surface area contributed by atoms with E-state index in [1.807, 2.05) is 18.2 Å². The fourth-order valence-electron chi connectivity index (χ4n) is 3.23. The Kier molecular flexibility index (Phi) is 3.47. The molecule has 0 radical (unpaired) electrons. The first-order chi connectivity index (χ1) is 10.7. The van der Waals surface area contributed by atoms with E-state index in [9.17, 15) is 8.60 Å². The number of fused-ring (bicyclic) bond motifs is 3. The molecule has 0 aromatic heterocycles. The monoisotopic (exact) mass is 317 g/mol. The van der Waals surface area contributed by atoms with Crippen LogP contribution in [0.25, 0.3) is 0 Å². The maximum Gasteiger partial charge on any atom is 0.124 e. The number of hydrogen-bond donors (Lipinski definition) is 1. The van der Waals surface area contributed by atoms with Crippen LogP contribution in [0, 0.1) is 5.82 Å². The highest BCUT2D eigenvalue weighted by Crippen LogP contribution is 2.42. The van der Waals surface area contributed by atoms with Crippen LogP contribution in [0.3, 0.4) is 0 Å². The van der Waals surface area contributed by atoms with Gasteiger partial charge < -0.3 is 10.1 Å². The molecule has 0 bridgehead atoms. The van der Waals surface area contributed by atoms with Gasteiger partial charge in [-0.05, 0) is 43.3 Å². The summed E-state index contributed by atoms with van der Waals surface area (Å²) in [6.45, 7) is 1.85. The lowest BCUT2D eigenvalue weighted by molar-refractivity contribution is 0.176. The van der Waals surface area contributed by atoms with Crippen molar-refractivity contribution >= 4 is 10.8 Å². The van der Waals surface area contributed by atoms with Gasteiger partial charge in [-0.1, -0.05) is 12.1 Å². The highest BCUT2D eigenvalue weighted by Gasteiger charge is 2.36.